The Bertz CT molecular complexity index is 393. The van der Waals surface area contributed by atoms with Crippen LogP contribution in [-0.2, 0) is 11.2 Å². The van der Waals surface area contributed by atoms with Crippen LogP contribution in [0.25, 0.3) is 0 Å². The summed E-state index contributed by atoms with van der Waals surface area (Å²) in [6, 6.07) is 7.89. The van der Waals surface area contributed by atoms with E-state index in [1.807, 2.05) is 24.3 Å². The number of hydrogen-bond donors (Lipinski definition) is 2. The number of nitrogens with one attached hydrogen (secondary N) is 1. The van der Waals surface area contributed by atoms with Crippen molar-refractivity contribution in [3.05, 3.63) is 29.8 Å². The van der Waals surface area contributed by atoms with Crippen LogP contribution in [0.2, 0.25) is 0 Å². The summed E-state index contributed by atoms with van der Waals surface area (Å²) in [7, 11) is 1.65. The van der Waals surface area contributed by atoms with Gasteiger partial charge in [-0.15, -0.1) is 0 Å². The highest BCUT2D eigenvalue weighted by atomic mass is 16.5. The Kier molecular flexibility index (Phi) is 6.97. The lowest BCUT2D eigenvalue weighted by Gasteiger charge is -2.09. The van der Waals surface area contributed by atoms with E-state index < -0.39 is 0 Å². The second kappa shape index (κ2) is 8.53. The standard InChI is InChI=1S/C15H24N2O2/c1-12(11-16)6-7-15(18)17-9-8-13-4-3-5-14(10-13)19-2/h3-5,10,12H,6-9,11,16H2,1-2H3,(H,17,18). The van der Waals surface area contributed by atoms with E-state index in [2.05, 4.69) is 12.2 Å². The van der Waals surface area contributed by atoms with Crippen LogP contribution in [0.1, 0.15) is 25.3 Å². The van der Waals surface area contributed by atoms with Crippen molar-refractivity contribution < 1.29 is 9.53 Å². The van der Waals surface area contributed by atoms with Crippen molar-refractivity contribution in [1.82, 2.24) is 5.32 Å². The molecule has 1 rings (SSSR count). The molecule has 1 amide bonds. The molecule has 0 aliphatic carbocycles. The number of hydrogen-bond acceptors (Lipinski definition) is 3. The van der Waals surface area contributed by atoms with Crippen LogP contribution in [0.15, 0.2) is 24.3 Å². The molecule has 1 aromatic rings. The van der Waals surface area contributed by atoms with Gasteiger partial charge in [-0.1, -0.05) is 19.1 Å². The lowest BCUT2D eigenvalue weighted by Crippen LogP contribution is -2.26. The minimum atomic E-state index is 0.100. The molecule has 0 aliphatic rings. The molecule has 0 radical (unpaired) electrons. The first kappa shape index (κ1) is 15.5. The number of nitrogens with two attached hydrogens (primary N) is 1. The molecule has 0 saturated heterocycles. The molecule has 0 bridgehead atoms. The molecule has 4 nitrogen and oxygen atoms in total. The van der Waals surface area contributed by atoms with Crippen LogP contribution in [-0.4, -0.2) is 26.1 Å². The van der Waals surface area contributed by atoms with Crippen molar-refractivity contribution in [3.63, 3.8) is 0 Å². The molecule has 0 fully saturated rings. The summed E-state index contributed by atoms with van der Waals surface area (Å²) in [4.78, 5) is 11.6. The van der Waals surface area contributed by atoms with E-state index in [-0.39, 0.29) is 5.91 Å². The van der Waals surface area contributed by atoms with E-state index in [0.717, 1.165) is 24.2 Å². The van der Waals surface area contributed by atoms with Crippen molar-refractivity contribution in [3.8, 4) is 5.75 Å². The van der Waals surface area contributed by atoms with Crippen molar-refractivity contribution >= 4 is 5.91 Å². The fourth-order valence-corrected chi connectivity index (χ4v) is 1.76. The molecule has 0 aliphatic heterocycles. The maximum atomic E-state index is 11.6. The summed E-state index contributed by atoms with van der Waals surface area (Å²) in [5.74, 6) is 1.35. The molecular weight excluding hydrogens is 240 g/mol. The van der Waals surface area contributed by atoms with Gasteiger partial charge >= 0.3 is 0 Å². The first-order valence-electron chi connectivity index (χ1n) is 6.75. The van der Waals surface area contributed by atoms with Gasteiger partial charge in [-0.25, -0.2) is 0 Å². The molecule has 0 heterocycles. The van der Waals surface area contributed by atoms with E-state index in [9.17, 15) is 4.79 Å². The fourth-order valence-electron chi connectivity index (χ4n) is 1.76. The summed E-state index contributed by atoms with van der Waals surface area (Å²) in [6.45, 7) is 3.35. The number of amides is 1. The van der Waals surface area contributed by atoms with Gasteiger partial charge in [0.15, 0.2) is 0 Å². The van der Waals surface area contributed by atoms with Gasteiger partial charge in [0, 0.05) is 13.0 Å². The Balaban J connectivity index is 2.24. The number of carbonyl (C=O) groups is 1. The van der Waals surface area contributed by atoms with Crippen molar-refractivity contribution in [2.75, 3.05) is 20.2 Å². The second-order valence-corrected chi connectivity index (χ2v) is 4.83. The lowest BCUT2D eigenvalue weighted by atomic mass is 10.1. The molecule has 1 atom stereocenters. The summed E-state index contributed by atoms with van der Waals surface area (Å²) in [5.41, 5.74) is 6.68. The zero-order chi connectivity index (χ0) is 14.1. The van der Waals surface area contributed by atoms with Gasteiger partial charge in [-0.2, -0.15) is 0 Å². The van der Waals surface area contributed by atoms with E-state index in [1.54, 1.807) is 7.11 Å². The third-order valence-corrected chi connectivity index (χ3v) is 3.14. The van der Waals surface area contributed by atoms with Crippen LogP contribution in [0.5, 0.6) is 5.75 Å². The number of carbonyl (C=O) groups excluding carboxylic acids is 1. The van der Waals surface area contributed by atoms with Gasteiger partial charge in [0.2, 0.25) is 5.91 Å². The van der Waals surface area contributed by atoms with Crippen LogP contribution < -0.4 is 15.8 Å². The zero-order valence-electron chi connectivity index (χ0n) is 11.8. The predicted molar refractivity (Wildman–Crippen MR) is 77.2 cm³/mol. The molecule has 19 heavy (non-hydrogen) atoms. The molecule has 3 N–H and O–H groups in total. The van der Waals surface area contributed by atoms with Gasteiger partial charge in [-0.3, -0.25) is 4.79 Å². The topological polar surface area (TPSA) is 64.3 Å². The fraction of sp³-hybridized carbons (Fsp3) is 0.533. The molecule has 0 aromatic heterocycles. The lowest BCUT2D eigenvalue weighted by molar-refractivity contribution is -0.121. The van der Waals surface area contributed by atoms with Crippen LogP contribution >= 0.6 is 0 Å². The van der Waals surface area contributed by atoms with E-state index in [4.69, 9.17) is 10.5 Å². The van der Waals surface area contributed by atoms with Gasteiger partial charge < -0.3 is 15.8 Å². The Hall–Kier alpha value is -1.55. The third kappa shape index (κ3) is 6.25. The molecule has 106 valence electrons. The number of rotatable bonds is 8. The highest BCUT2D eigenvalue weighted by Crippen LogP contribution is 2.12. The average Bonchev–Trinajstić information content (AvgIpc) is 2.45. The summed E-state index contributed by atoms with van der Waals surface area (Å²) >= 11 is 0. The van der Waals surface area contributed by atoms with Gasteiger partial charge in [0.1, 0.15) is 5.75 Å². The maximum absolute atomic E-state index is 11.6. The van der Waals surface area contributed by atoms with Gasteiger partial charge in [0.05, 0.1) is 7.11 Å². The first-order chi connectivity index (χ1) is 9.15. The zero-order valence-corrected chi connectivity index (χ0v) is 11.8. The highest BCUT2D eigenvalue weighted by Gasteiger charge is 2.05. The normalized spacial score (nSPS) is 11.9. The van der Waals surface area contributed by atoms with Crippen LogP contribution in [0.3, 0.4) is 0 Å². The van der Waals surface area contributed by atoms with E-state index in [0.29, 0.717) is 25.4 Å². The summed E-state index contributed by atoms with van der Waals surface area (Å²) in [6.07, 6.45) is 2.22. The van der Waals surface area contributed by atoms with Crippen molar-refractivity contribution in [2.45, 2.75) is 26.2 Å². The highest BCUT2D eigenvalue weighted by molar-refractivity contribution is 5.75. The minimum absolute atomic E-state index is 0.100. The van der Waals surface area contributed by atoms with Gasteiger partial charge in [-0.05, 0) is 43.0 Å². The maximum Gasteiger partial charge on any atom is 0.220 e. The molecule has 0 saturated carbocycles. The number of benzene rings is 1. The van der Waals surface area contributed by atoms with Crippen LogP contribution in [0, 0.1) is 5.92 Å². The Labute approximate surface area is 115 Å². The Morgan fingerprint density at radius 3 is 2.95 bits per heavy atom. The minimum Gasteiger partial charge on any atom is -0.497 e. The van der Waals surface area contributed by atoms with E-state index in [1.165, 1.54) is 0 Å². The average molecular weight is 264 g/mol. The third-order valence-electron chi connectivity index (χ3n) is 3.14. The smallest absolute Gasteiger partial charge is 0.220 e. The number of ether oxygens (including phenoxy) is 1. The molecule has 1 aromatic carbocycles. The van der Waals surface area contributed by atoms with Crippen LogP contribution in [0.4, 0.5) is 0 Å². The van der Waals surface area contributed by atoms with Crippen molar-refractivity contribution in [2.24, 2.45) is 11.7 Å². The number of methoxy groups -OCH3 is 1. The Morgan fingerprint density at radius 1 is 1.47 bits per heavy atom. The molecule has 1 unspecified atom stereocenters. The Morgan fingerprint density at radius 2 is 2.26 bits per heavy atom. The van der Waals surface area contributed by atoms with Crippen molar-refractivity contribution in [1.29, 1.82) is 0 Å². The van der Waals surface area contributed by atoms with Gasteiger partial charge in [0.25, 0.3) is 0 Å². The predicted octanol–water partition coefficient (Wildman–Crippen LogP) is 1.73. The SMILES string of the molecule is COc1cccc(CCNC(=O)CCC(C)CN)c1. The first-order valence-corrected chi connectivity index (χ1v) is 6.75. The molecule has 4 heteroatoms. The second-order valence-electron chi connectivity index (χ2n) is 4.83. The molecule has 0 spiro atoms. The molecular formula is C15H24N2O2. The summed E-state index contributed by atoms with van der Waals surface area (Å²) < 4.78 is 5.16. The van der Waals surface area contributed by atoms with E-state index >= 15 is 0 Å². The quantitative estimate of drug-likeness (QED) is 0.751. The monoisotopic (exact) mass is 264 g/mol. The largest absolute Gasteiger partial charge is 0.497 e. The summed E-state index contributed by atoms with van der Waals surface area (Å²) in [5, 5.41) is 2.93.